The van der Waals surface area contributed by atoms with Crippen LogP contribution in [0.5, 0.6) is 5.75 Å². The average Bonchev–Trinajstić information content (AvgIpc) is 2.99. The summed E-state index contributed by atoms with van der Waals surface area (Å²) < 4.78 is 5.79. The molecular formula is C21H22ClNO3S. The van der Waals surface area contributed by atoms with Crippen molar-refractivity contribution < 1.29 is 14.3 Å². The van der Waals surface area contributed by atoms with Crippen LogP contribution in [0.15, 0.2) is 48.5 Å². The van der Waals surface area contributed by atoms with E-state index in [-0.39, 0.29) is 16.4 Å². The highest BCUT2D eigenvalue weighted by Gasteiger charge is 2.30. The summed E-state index contributed by atoms with van der Waals surface area (Å²) in [6, 6.07) is 15.8. The highest BCUT2D eigenvalue weighted by Crippen LogP contribution is 2.24. The van der Waals surface area contributed by atoms with Crippen molar-refractivity contribution in [3.63, 3.8) is 0 Å². The highest BCUT2D eigenvalue weighted by molar-refractivity contribution is 8.15. The zero-order valence-electron chi connectivity index (χ0n) is 14.9. The van der Waals surface area contributed by atoms with Gasteiger partial charge in [-0.05, 0) is 54.7 Å². The van der Waals surface area contributed by atoms with Gasteiger partial charge in [-0.25, -0.2) is 0 Å². The number of aryl methyl sites for hydroxylation is 1. The molecule has 2 amide bonds. The van der Waals surface area contributed by atoms with E-state index in [0.717, 1.165) is 60.2 Å². The molecule has 1 aliphatic heterocycles. The molecule has 1 atom stereocenters. The molecule has 1 N–H and O–H groups in total. The first-order chi connectivity index (χ1) is 13.1. The summed E-state index contributed by atoms with van der Waals surface area (Å²) in [5.74, 6) is 0.710. The zero-order valence-corrected chi connectivity index (χ0v) is 16.5. The molecule has 2 aromatic carbocycles. The third kappa shape index (κ3) is 6.29. The minimum Gasteiger partial charge on any atom is -0.489 e. The number of halogens is 1. The SMILES string of the molecule is O=C1NC(=O)C(CCCCCc2ccc(OCc3ccc(Cl)cc3)cc2)S1. The molecule has 4 nitrogen and oxygen atoms in total. The molecule has 1 unspecified atom stereocenters. The largest absolute Gasteiger partial charge is 0.489 e. The van der Waals surface area contributed by atoms with E-state index in [9.17, 15) is 9.59 Å². The van der Waals surface area contributed by atoms with E-state index < -0.39 is 0 Å². The normalized spacial score (nSPS) is 16.4. The second kappa shape index (κ2) is 9.81. The van der Waals surface area contributed by atoms with Crippen LogP contribution in [-0.4, -0.2) is 16.4 Å². The van der Waals surface area contributed by atoms with Gasteiger partial charge in [0.2, 0.25) is 5.91 Å². The zero-order chi connectivity index (χ0) is 19.1. The molecule has 1 heterocycles. The van der Waals surface area contributed by atoms with Crippen molar-refractivity contribution in [2.24, 2.45) is 0 Å². The van der Waals surface area contributed by atoms with Crippen LogP contribution in [0.3, 0.4) is 0 Å². The lowest BCUT2D eigenvalue weighted by molar-refractivity contribution is -0.119. The molecule has 3 rings (SSSR count). The van der Waals surface area contributed by atoms with Gasteiger partial charge in [0.1, 0.15) is 12.4 Å². The Balaban J connectivity index is 1.33. The van der Waals surface area contributed by atoms with Crippen LogP contribution in [0.4, 0.5) is 4.79 Å². The number of ether oxygens (including phenoxy) is 1. The standard InChI is InChI=1S/C21H22ClNO3S/c22-17-10-6-16(7-11-17)14-26-18-12-8-15(9-13-18)4-2-1-3-5-19-20(24)23-21(25)27-19/h6-13,19H,1-5,14H2,(H,23,24,25). The topological polar surface area (TPSA) is 55.4 Å². The van der Waals surface area contributed by atoms with Crippen LogP contribution < -0.4 is 10.1 Å². The van der Waals surface area contributed by atoms with Gasteiger partial charge < -0.3 is 4.74 Å². The second-order valence-corrected chi connectivity index (χ2v) is 8.15. The van der Waals surface area contributed by atoms with Gasteiger partial charge >= 0.3 is 0 Å². The van der Waals surface area contributed by atoms with Gasteiger partial charge in [-0.15, -0.1) is 0 Å². The Hall–Kier alpha value is -1.98. The van der Waals surface area contributed by atoms with E-state index in [1.165, 1.54) is 5.56 Å². The summed E-state index contributed by atoms with van der Waals surface area (Å²) in [6.45, 7) is 0.520. The van der Waals surface area contributed by atoms with E-state index in [4.69, 9.17) is 16.3 Å². The number of hydrogen-bond acceptors (Lipinski definition) is 4. The van der Waals surface area contributed by atoms with Gasteiger partial charge in [-0.3, -0.25) is 14.9 Å². The first-order valence-corrected chi connectivity index (χ1v) is 10.3. The summed E-state index contributed by atoms with van der Waals surface area (Å²) >= 11 is 6.99. The third-order valence-corrected chi connectivity index (χ3v) is 5.74. The minimum atomic E-state index is -0.219. The Bertz CT molecular complexity index is 777. The molecule has 1 saturated heterocycles. The maximum atomic E-state index is 11.5. The summed E-state index contributed by atoms with van der Waals surface area (Å²) in [4.78, 5) is 22.6. The number of hydrogen-bond donors (Lipinski definition) is 1. The Morgan fingerprint density at radius 3 is 2.30 bits per heavy atom. The van der Waals surface area contributed by atoms with Crippen molar-refractivity contribution >= 4 is 34.5 Å². The predicted molar refractivity (Wildman–Crippen MR) is 109 cm³/mol. The second-order valence-electron chi connectivity index (χ2n) is 6.54. The van der Waals surface area contributed by atoms with Gasteiger partial charge in [0.25, 0.3) is 5.24 Å². The molecule has 1 aliphatic rings. The monoisotopic (exact) mass is 403 g/mol. The first kappa shape index (κ1) is 19.8. The Kier molecular flexibility index (Phi) is 7.18. The van der Waals surface area contributed by atoms with E-state index in [1.54, 1.807) is 0 Å². The predicted octanol–water partition coefficient (Wildman–Crippen LogP) is 5.37. The molecule has 1 fully saturated rings. The molecule has 6 heteroatoms. The summed E-state index contributed by atoms with van der Waals surface area (Å²) in [5, 5.41) is 2.63. The number of carbonyl (C=O) groups is 2. The quantitative estimate of drug-likeness (QED) is 0.571. The number of nitrogens with one attached hydrogen (secondary N) is 1. The van der Waals surface area contributed by atoms with Crippen LogP contribution in [0, 0.1) is 0 Å². The Morgan fingerprint density at radius 2 is 1.63 bits per heavy atom. The van der Waals surface area contributed by atoms with Gasteiger partial charge in [0.05, 0.1) is 5.25 Å². The number of amides is 2. The fraction of sp³-hybridized carbons (Fsp3) is 0.333. The van der Waals surface area contributed by atoms with Gasteiger partial charge in [-0.2, -0.15) is 0 Å². The van der Waals surface area contributed by atoms with Gasteiger partial charge in [0.15, 0.2) is 0 Å². The van der Waals surface area contributed by atoms with Crippen LogP contribution in [-0.2, 0) is 17.8 Å². The molecule has 0 saturated carbocycles. The molecule has 0 spiro atoms. The first-order valence-electron chi connectivity index (χ1n) is 9.08. The van der Waals surface area contributed by atoms with Gasteiger partial charge in [0, 0.05) is 5.02 Å². The van der Waals surface area contributed by atoms with E-state index in [0.29, 0.717) is 6.61 Å². The summed E-state index contributed by atoms with van der Waals surface area (Å²) in [5.41, 5.74) is 2.36. The molecular weight excluding hydrogens is 382 g/mol. The van der Waals surface area contributed by atoms with Crippen LogP contribution >= 0.6 is 23.4 Å². The van der Waals surface area contributed by atoms with E-state index in [2.05, 4.69) is 17.4 Å². The number of carbonyl (C=O) groups excluding carboxylic acids is 2. The molecule has 142 valence electrons. The molecule has 0 aliphatic carbocycles. The summed E-state index contributed by atoms with van der Waals surface area (Å²) in [6.07, 6.45) is 4.84. The molecule has 27 heavy (non-hydrogen) atoms. The number of imide groups is 1. The number of thioether (sulfide) groups is 1. The molecule has 0 radical (unpaired) electrons. The smallest absolute Gasteiger partial charge is 0.286 e. The van der Waals surface area contributed by atoms with Crippen molar-refractivity contribution in [1.29, 1.82) is 0 Å². The van der Waals surface area contributed by atoms with Crippen LogP contribution in [0.1, 0.15) is 36.8 Å². The van der Waals surface area contributed by atoms with E-state index in [1.807, 2.05) is 36.4 Å². The maximum Gasteiger partial charge on any atom is 0.286 e. The third-order valence-electron chi connectivity index (χ3n) is 4.44. The molecule has 2 aromatic rings. The lowest BCUT2D eigenvalue weighted by Gasteiger charge is -2.08. The van der Waals surface area contributed by atoms with Crippen LogP contribution in [0.25, 0.3) is 0 Å². The Morgan fingerprint density at radius 1 is 0.926 bits per heavy atom. The lowest BCUT2D eigenvalue weighted by atomic mass is 10.1. The van der Waals surface area contributed by atoms with Crippen molar-refractivity contribution in [3.8, 4) is 5.75 Å². The van der Waals surface area contributed by atoms with E-state index >= 15 is 0 Å². The lowest BCUT2D eigenvalue weighted by Crippen LogP contribution is -2.24. The average molecular weight is 404 g/mol. The van der Waals surface area contributed by atoms with Crippen LogP contribution in [0.2, 0.25) is 5.02 Å². The van der Waals surface area contributed by atoms with Crippen molar-refractivity contribution in [2.45, 2.75) is 44.0 Å². The fourth-order valence-electron chi connectivity index (χ4n) is 2.92. The minimum absolute atomic E-state index is 0.140. The van der Waals surface area contributed by atoms with Crippen molar-refractivity contribution in [2.75, 3.05) is 0 Å². The molecule has 0 aromatic heterocycles. The molecule has 0 bridgehead atoms. The van der Waals surface area contributed by atoms with Crippen molar-refractivity contribution in [1.82, 2.24) is 5.32 Å². The maximum absolute atomic E-state index is 11.5. The fourth-order valence-corrected chi connectivity index (χ4v) is 3.91. The highest BCUT2D eigenvalue weighted by atomic mass is 35.5. The number of rotatable bonds is 9. The number of benzene rings is 2. The summed E-state index contributed by atoms with van der Waals surface area (Å²) in [7, 11) is 0. The Labute approximate surface area is 168 Å². The van der Waals surface area contributed by atoms with Crippen molar-refractivity contribution in [3.05, 3.63) is 64.7 Å². The van der Waals surface area contributed by atoms with Gasteiger partial charge in [-0.1, -0.05) is 60.5 Å². The number of unbranched alkanes of at least 4 members (excludes halogenated alkanes) is 2.